The van der Waals surface area contributed by atoms with E-state index in [2.05, 4.69) is 10.3 Å². The second-order valence-corrected chi connectivity index (χ2v) is 7.10. The predicted molar refractivity (Wildman–Crippen MR) is 106 cm³/mol. The number of aryl methyl sites for hydroxylation is 1. The Balaban J connectivity index is 1.62. The largest absolute Gasteiger partial charge is 0.486 e. The highest BCUT2D eigenvalue weighted by Gasteiger charge is 2.13. The number of thiazole rings is 1. The zero-order valence-electron chi connectivity index (χ0n) is 14.4. The van der Waals surface area contributed by atoms with Crippen molar-refractivity contribution in [2.75, 3.05) is 5.32 Å². The molecule has 2 aromatic carbocycles. The van der Waals surface area contributed by atoms with Gasteiger partial charge in [0.25, 0.3) is 5.91 Å². The van der Waals surface area contributed by atoms with Crippen molar-refractivity contribution in [1.29, 1.82) is 0 Å². The second-order valence-electron chi connectivity index (χ2n) is 5.72. The van der Waals surface area contributed by atoms with Crippen LogP contribution in [0.3, 0.4) is 0 Å². The average Bonchev–Trinajstić information content (AvgIpc) is 3.10. The first-order chi connectivity index (χ1) is 12.9. The number of carbonyl (C=O) groups excluding carboxylic acids is 2. The topological polar surface area (TPSA) is 94.3 Å². The Morgan fingerprint density at radius 1 is 1.22 bits per heavy atom. The SMILES string of the molecule is Cc1cc(NC(=O)c2csc(COc3ccc(Cl)cc3)n2)ccc1C(N)=O. The van der Waals surface area contributed by atoms with Crippen LogP contribution in [0.1, 0.15) is 31.4 Å². The Kier molecular flexibility index (Phi) is 5.73. The van der Waals surface area contributed by atoms with Gasteiger partial charge in [0.05, 0.1) is 0 Å². The monoisotopic (exact) mass is 401 g/mol. The summed E-state index contributed by atoms with van der Waals surface area (Å²) in [6.07, 6.45) is 0. The number of halogens is 1. The van der Waals surface area contributed by atoms with Crippen LogP contribution in [0.25, 0.3) is 0 Å². The van der Waals surface area contributed by atoms with Crippen molar-refractivity contribution >= 4 is 40.4 Å². The number of rotatable bonds is 6. The van der Waals surface area contributed by atoms with Crippen LogP contribution in [0.15, 0.2) is 47.8 Å². The van der Waals surface area contributed by atoms with Crippen LogP contribution in [-0.4, -0.2) is 16.8 Å². The molecule has 27 heavy (non-hydrogen) atoms. The molecule has 138 valence electrons. The van der Waals surface area contributed by atoms with Crippen LogP contribution in [0.5, 0.6) is 5.75 Å². The number of primary amides is 1. The number of nitrogens with one attached hydrogen (secondary N) is 1. The molecule has 0 unspecified atom stereocenters. The maximum Gasteiger partial charge on any atom is 0.275 e. The minimum Gasteiger partial charge on any atom is -0.486 e. The van der Waals surface area contributed by atoms with E-state index >= 15 is 0 Å². The van der Waals surface area contributed by atoms with Crippen molar-refractivity contribution in [3.63, 3.8) is 0 Å². The van der Waals surface area contributed by atoms with Crippen molar-refractivity contribution in [2.24, 2.45) is 5.73 Å². The summed E-state index contributed by atoms with van der Waals surface area (Å²) < 4.78 is 5.62. The molecule has 1 aromatic heterocycles. The Hall–Kier alpha value is -2.90. The van der Waals surface area contributed by atoms with Gasteiger partial charge in [-0.05, 0) is 55.0 Å². The Morgan fingerprint density at radius 3 is 2.63 bits per heavy atom. The van der Waals surface area contributed by atoms with Crippen molar-refractivity contribution in [2.45, 2.75) is 13.5 Å². The number of amides is 2. The standard InChI is InChI=1S/C19H16ClN3O3S/c1-11-8-13(4-7-15(11)18(21)24)22-19(25)16-10-27-17(23-16)9-26-14-5-2-12(20)3-6-14/h2-8,10H,9H2,1H3,(H2,21,24)(H,22,25). The minimum absolute atomic E-state index is 0.256. The molecule has 2 amide bonds. The van der Waals surface area contributed by atoms with Crippen LogP contribution in [0.4, 0.5) is 5.69 Å². The van der Waals surface area contributed by atoms with Crippen molar-refractivity contribution in [3.8, 4) is 5.75 Å². The van der Waals surface area contributed by atoms with Gasteiger partial charge in [-0.15, -0.1) is 11.3 Å². The van der Waals surface area contributed by atoms with Crippen LogP contribution >= 0.6 is 22.9 Å². The third-order valence-corrected chi connectivity index (χ3v) is 4.78. The maximum absolute atomic E-state index is 12.4. The fourth-order valence-corrected chi connectivity index (χ4v) is 3.18. The van der Waals surface area contributed by atoms with E-state index in [0.717, 1.165) is 0 Å². The van der Waals surface area contributed by atoms with Crippen LogP contribution in [-0.2, 0) is 6.61 Å². The molecule has 3 rings (SSSR count). The number of carbonyl (C=O) groups is 2. The summed E-state index contributed by atoms with van der Waals surface area (Å²) in [4.78, 5) is 27.9. The molecule has 3 N–H and O–H groups in total. The number of anilines is 1. The smallest absolute Gasteiger partial charge is 0.275 e. The fraction of sp³-hybridized carbons (Fsp3) is 0.105. The summed E-state index contributed by atoms with van der Waals surface area (Å²) in [5.41, 5.74) is 7.26. The van der Waals surface area contributed by atoms with E-state index < -0.39 is 5.91 Å². The van der Waals surface area contributed by atoms with Crippen LogP contribution in [0, 0.1) is 6.92 Å². The van der Waals surface area contributed by atoms with Crippen LogP contribution < -0.4 is 15.8 Å². The van der Waals surface area contributed by atoms with Gasteiger partial charge in [0.1, 0.15) is 23.1 Å². The number of benzene rings is 2. The molecular weight excluding hydrogens is 386 g/mol. The molecule has 0 saturated heterocycles. The maximum atomic E-state index is 12.4. The molecule has 0 bridgehead atoms. The van der Waals surface area contributed by atoms with E-state index in [1.807, 2.05) is 0 Å². The van der Waals surface area contributed by atoms with E-state index in [-0.39, 0.29) is 12.5 Å². The van der Waals surface area contributed by atoms with Gasteiger partial charge < -0.3 is 15.8 Å². The lowest BCUT2D eigenvalue weighted by Gasteiger charge is -2.07. The number of hydrogen-bond acceptors (Lipinski definition) is 5. The Labute approximate surface area is 164 Å². The first-order valence-corrected chi connectivity index (χ1v) is 9.22. The number of nitrogens with two attached hydrogens (primary N) is 1. The fourth-order valence-electron chi connectivity index (χ4n) is 2.37. The van der Waals surface area contributed by atoms with Crippen LogP contribution in [0.2, 0.25) is 5.02 Å². The molecule has 0 saturated carbocycles. The Morgan fingerprint density at radius 2 is 1.96 bits per heavy atom. The molecule has 8 heteroatoms. The van der Waals surface area contributed by atoms with E-state index in [4.69, 9.17) is 22.1 Å². The summed E-state index contributed by atoms with van der Waals surface area (Å²) in [6, 6.07) is 11.9. The van der Waals surface area contributed by atoms with Gasteiger partial charge in [-0.3, -0.25) is 9.59 Å². The molecule has 0 aliphatic rings. The molecule has 0 aliphatic heterocycles. The summed E-state index contributed by atoms with van der Waals surface area (Å²) in [6.45, 7) is 2.01. The van der Waals surface area contributed by atoms with Gasteiger partial charge >= 0.3 is 0 Å². The quantitative estimate of drug-likeness (QED) is 0.651. The third kappa shape index (κ3) is 4.84. The molecular formula is C19H16ClN3O3S. The minimum atomic E-state index is -0.504. The van der Waals surface area contributed by atoms with Gasteiger partial charge in [0.15, 0.2) is 0 Å². The predicted octanol–water partition coefficient (Wildman–Crippen LogP) is 4.04. The normalized spacial score (nSPS) is 10.4. The molecule has 3 aromatic rings. The van der Waals surface area contributed by atoms with Crippen molar-refractivity contribution < 1.29 is 14.3 Å². The molecule has 0 fully saturated rings. The summed E-state index contributed by atoms with van der Waals surface area (Å²) >= 11 is 7.17. The van der Waals surface area contributed by atoms with Gasteiger partial charge in [-0.25, -0.2) is 4.98 Å². The number of aromatic nitrogens is 1. The second kappa shape index (κ2) is 8.20. The summed E-state index contributed by atoms with van der Waals surface area (Å²) in [5.74, 6) is -0.170. The summed E-state index contributed by atoms with van der Waals surface area (Å²) in [7, 11) is 0. The third-order valence-electron chi connectivity index (χ3n) is 3.71. The van der Waals surface area contributed by atoms with Gasteiger partial charge in [0, 0.05) is 21.7 Å². The van der Waals surface area contributed by atoms with E-state index in [1.165, 1.54) is 11.3 Å². The molecule has 0 radical (unpaired) electrons. The molecule has 0 spiro atoms. The first kappa shape index (κ1) is 18.9. The van der Waals surface area contributed by atoms with Gasteiger partial charge in [-0.1, -0.05) is 11.6 Å². The molecule has 0 atom stereocenters. The lowest BCUT2D eigenvalue weighted by Crippen LogP contribution is -2.15. The molecule has 1 heterocycles. The average molecular weight is 402 g/mol. The van der Waals surface area contributed by atoms with Gasteiger partial charge in [0.2, 0.25) is 5.91 Å². The number of nitrogens with zero attached hydrogens (tertiary/aromatic N) is 1. The zero-order valence-corrected chi connectivity index (χ0v) is 15.9. The van der Waals surface area contributed by atoms with Crippen molar-refractivity contribution in [3.05, 3.63) is 74.7 Å². The zero-order chi connectivity index (χ0) is 19.4. The highest BCUT2D eigenvalue weighted by atomic mass is 35.5. The number of hydrogen-bond donors (Lipinski definition) is 2. The van der Waals surface area contributed by atoms with Crippen molar-refractivity contribution in [1.82, 2.24) is 4.98 Å². The molecule has 6 nitrogen and oxygen atoms in total. The highest BCUT2D eigenvalue weighted by molar-refractivity contribution is 7.09. The van der Waals surface area contributed by atoms with Gasteiger partial charge in [-0.2, -0.15) is 0 Å². The first-order valence-electron chi connectivity index (χ1n) is 7.97. The Bertz CT molecular complexity index is 986. The van der Waals surface area contributed by atoms with E-state index in [1.54, 1.807) is 54.8 Å². The van der Waals surface area contributed by atoms with E-state index in [0.29, 0.717) is 38.3 Å². The highest BCUT2D eigenvalue weighted by Crippen LogP contribution is 2.19. The lowest BCUT2D eigenvalue weighted by atomic mass is 10.1. The number of ether oxygens (including phenoxy) is 1. The van der Waals surface area contributed by atoms with E-state index in [9.17, 15) is 9.59 Å². The summed E-state index contributed by atoms with van der Waals surface area (Å²) in [5, 5.41) is 5.73. The molecule has 0 aliphatic carbocycles. The lowest BCUT2D eigenvalue weighted by molar-refractivity contribution is 0.0997.